The van der Waals surface area contributed by atoms with Gasteiger partial charge >= 0.3 is 0 Å². The van der Waals surface area contributed by atoms with Crippen LogP contribution in [-0.2, 0) is 0 Å². The van der Waals surface area contributed by atoms with E-state index in [1.807, 2.05) is 0 Å². The van der Waals surface area contributed by atoms with E-state index in [-0.39, 0.29) is 47.5 Å². The van der Waals surface area contributed by atoms with Crippen LogP contribution in [0.25, 0.3) is 0 Å². The number of rotatable bonds is 5. The van der Waals surface area contributed by atoms with Crippen LogP contribution in [0.3, 0.4) is 0 Å². The van der Waals surface area contributed by atoms with Crippen LogP contribution in [0.2, 0.25) is 0 Å². The normalized spacial score (nSPS) is 10.0. The summed E-state index contributed by atoms with van der Waals surface area (Å²) in [5.41, 5.74) is 0.572. The molecule has 0 saturated heterocycles. The van der Waals surface area contributed by atoms with E-state index in [0.29, 0.717) is 0 Å². The molecule has 0 spiro atoms. The predicted molar refractivity (Wildman–Crippen MR) is 74.0 cm³/mol. The van der Waals surface area contributed by atoms with E-state index >= 15 is 0 Å². The fourth-order valence-corrected chi connectivity index (χ4v) is 1.74. The smallest absolute Gasteiger partial charge is 0.257 e. The van der Waals surface area contributed by atoms with Crippen molar-refractivity contribution in [2.45, 2.75) is 0 Å². The lowest BCUT2D eigenvalue weighted by molar-refractivity contribution is -0.379. The lowest BCUT2D eigenvalue weighted by Gasteiger charge is -2.06. The highest BCUT2D eigenvalue weighted by atomic mass is 16.3. The number of aromatic amines is 2. The summed E-state index contributed by atoms with van der Waals surface area (Å²) in [5, 5.41) is 23.7. The van der Waals surface area contributed by atoms with Gasteiger partial charge in [0.1, 0.15) is 11.1 Å². The maximum absolute atomic E-state index is 11.8. The molecule has 0 fully saturated rings. The standard InChI is InChI=1S/C14H14N4O4/c19-11-3-9(5-15-7-11)13(21)17-1-2-18-14(22)10-4-12(20)8-16-6-10/h3-8,19-20H,1-2H2,(H,17,21)(H,18,22)/p+2. The minimum Gasteiger partial charge on any atom is -0.503 e. The summed E-state index contributed by atoms with van der Waals surface area (Å²) in [5.74, 6) is -0.818. The molecule has 0 aromatic carbocycles. The van der Waals surface area contributed by atoms with Gasteiger partial charge in [-0.1, -0.05) is 0 Å². The van der Waals surface area contributed by atoms with Crippen molar-refractivity contribution in [2.75, 3.05) is 13.1 Å². The predicted octanol–water partition coefficient (Wildman–Crippen LogP) is -1.11. The number of aromatic nitrogens is 2. The number of carbonyl (C=O) groups excluding carboxylic acids is 2. The van der Waals surface area contributed by atoms with Crippen LogP contribution in [0.4, 0.5) is 0 Å². The molecule has 0 radical (unpaired) electrons. The molecule has 0 aliphatic heterocycles. The Bertz CT molecular complexity index is 631. The van der Waals surface area contributed by atoms with Crippen LogP contribution in [-0.4, -0.2) is 35.1 Å². The third-order valence-electron chi connectivity index (χ3n) is 2.77. The van der Waals surface area contributed by atoms with Crippen LogP contribution in [0.1, 0.15) is 20.7 Å². The summed E-state index contributed by atoms with van der Waals surface area (Å²) < 4.78 is 0. The molecule has 22 heavy (non-hydrogen) atoms. The Balaban J connectivity index is 1.77. The van der Waals surface area contributed by atoms with E-state index in [2.05, 4.69) is 20.6 Å². The summed E-state index contributed by atoms with van der Waals surface area (Å²) in [6, 6.07) is 2.65. The van der Waals surface area contributed by atoms with E-state index < -0.39 is 0 Å². The Morgan fingerprint density at radius 3 is 1.59 bits per heavy atom. The Morgan fingerprint density at radius 1 is 0.818 bits per heavy atom. The second kappa shape index (κ2) is 7.02. The zero-order valence-electron chi connectivity index (χ0n) is 11.6. The zero-order chi connectivity index (χ0) is 15.9. The van der Waals surface area contributed by atoms with Gasteiger partial charge in [-0.25, -0.2) is 9.97 Å². The molecule has 0 saturated carbocycles. The van der Waals surface area contributed by atoms with Gasteiger partial charge in [0.15, 0.2) is 23.9 Å². The molecule has 0 bridgehead atoms. The van der Waals surface area contributed by atoms with Crippen molar-refractivity contribution < 1.29 is 29.8 Å². The topological polar surface area (TPSA) is 127 Å². The highest BCUT2D eigenvalue weighted by Crippen LogP contribution is 2.06. The van der Waals surface area contributed by atoms with Crippen molar-refractivity contribution in [3.63, 3.8) is 0 Å². The molecule has 2 heterocycles. The number of H-pyrrole nitrogens is 2. The van der Waals surface area contributed by atoms with Crippen molar-refractivity contribution in [1.29, 1.82) is 0 Å². The minimum atomic E-state index is -0.368. The maximum atomic E-state index is 11.8. The van der Waals surface area contributed by atoms with Crippen LogP contribution >= 0.6 is 0 Å². The van der Waals surface area contributed by atoms with Gasteiger partial charge in [0.25, 0.3) is 11.8 Å². The van der Waals surface area contributed by atoms with Crippen molar-refractivity contribution in [2.24, 2.45) is 0 Å². The molecule has 2 aromatic rings. The first-order valence-corrected chi connectivity index (χ1v) is 6.53. The Kier molecular flexibility index (Phi) is 4.86. The largest absolute Gasteiger partial charge is 0.503 e. The monoisotopic (exact) mass is 304 g/mol. The summed E-state index contributed by atoms with van der Waals surface area (Å²) in [6.45, 7) is 0.450. The fourth-order valence-electron chi connectivity index (χ4n) is 1.74. The summed E-state index contributed by atoms with van der Waals surface area (Å²) >= 11 is 0. The molecular formula is C14H16N4O4+2. The zero-order valence-corrected chi connectivity index (χ0v) is 11.6. The number of carbonyl (C=O) groups is 2. The SMILES string of the molecule is O=C(NCCNC(=O)c1c[nH+]cc(O)c1)c1c[nH+]cc(O)c1. The second-order valence-electron chi connectivity index (χ2n) is 4.47. The number of nitrogens with one attached hydrogen (secondary N) is 4. The number of aromatic hydroxyl groups is 2. The second-order valence-corrected chi connectivity index (χ2v) is 4.47. The van der Waals surface area contributed by atoms with Gasteiger partial charge < -0.3 is 20.8 Å². The van der Waals surface area contributed by atoms with Gasteiger partial charge in [-0.2, -0.15) is 0 Å². The lowest BCUT2D eigenvalue weighted by Crippen LogP contribution is -2.35. The maximum Gasteiger partial charge on any atom is 0.257 e. The van der Waals surface area contributed by atoms with Crippen LogP contribution < -0.4 is 20.6 Å². The van der Waals surface area contributed by atoms with E-state index in [4.69, 9.17) is 0 Å². The highest BCUT2D eigenvalue weighted by Gasteiger charge is 2.11. The van der Waals surface area contributed by atoms with Gasteiger partial charge in [0.2, 0.25) is 12.4 Å². The van der Waals surface area contributed by atoms with Gasteiger partial charge in [0, 0.05) is 25.2 Å². The molecule has 8 nitrogen and oxygen atoms in total. The van der Waals surface area contributed by atoms with E-state index in [9.17, 15) is 19.8 Å². The van der Waals surface area contributed by atoms with Gasteiger partial charge in [0.05, 0.1) is 0 Å². The molecule has 8 heteroatoms. The number of hydrogen-bond acceptors (Lipinski definition) is 4. The first-order chi connectivity index (χ1) is 10.6. The molecular weight excluding hydrogens is 288 g/mol. The van der Waals surface area contributed by atoms with Gasteiger partial charge in [-0.05, 0) is 0 Å². The van der Waals surface area contributed by atoms with Crippen molar-refractivity contribution in [1.82, 2.24) is 10.6 Å². The van der Waals surface area contributed by atoms with E-state index in [1.54, 1.807) is 0 Å². The third-order valence-corrected chi connectivity index (χ3v) is 2.77. The summed E-state index contributed by atoms with van der Waals surface area (Å²) in [4.78, 5) is 28.8. The first kappa shape index (κ1) is 15.2. The number of hydrogen-bond donors (Lipinski definition) is 4. The van der Waals surface area contributed by atoms with Gasteiger partial charge in [-0.15, -0.1) is 0 Å². The fraction of sp³-hybridized carbons (Fsp3) is 0.143. The molecule has 0 unspecified atom stereocenters. The quantitative estimate of drug-likeness (QED) is 0.522. The molecule has 2 rings (SSSR count). The number of amides is 2. The first-order valence-electron chi connectivity index (χ1n) is 6.53. The molecule has 6 N–H and O–H groups in total. The molecule has 0 atom stereocenters. The van der Waals surface area contributed by atoms with Gasteiger partial charge in [-0.3, -0.25) is 9.59 Å². The molecule has 0 aliphatic rings. The average Bonchev–Trinajstić information content (AvgIpc) is 2.51. The molecule has 2 aromatic heterocycles. The van der Waals surface area contributed by atoms with Crippen molar-refractivity contribution in [3.05, 3.63) is 48.0 Å². The summed E-state index contributed by atoms with van der Waals surface area (Å²) in [6.07, 6.45) is 5.61. The Hall–Kier alpha value is -3.16. The van der Waals surface area contributed by atoms with E-state index in [1.165, 1.54) is 36.9 Å². The van der Waals surface area contributed by atoms with Crippen molar-refractivity contribution in [3.8, 4) is 11.5 Å². The average molecular weight is 304 g/mol. The van der Waals surface area contributed by atoms with Crippen LogP contribution in [0, 0.1) is 0 Å². The molecule has 114 valence electrons. The minimum absolute atomic E-state index is 0.0407. The Morgan fingerprint density at radius 2 is 1.23 bits per heavy atom. The highest BCUT2D eigenvalue weighted by molar-refractivity contribution is 5.94. The third kappa shape index (κ3) is 4.17. The van der Waals surface area contributed by atoms with Crippen molar-refractivity contribution >= 4 is 11.8 Å². The molecule has 0 aliphatic carbocycles. The number of pyridine rings is 2. The van der Waals surface area contributed by atoms with E-state index in [0.717, 1.165) is 0 Å². The Labute approximate surface area is 125 Å². The summed E-state index contributed by atoms with van der Waals surface area (Å²) in [7, 11) is 0. The lowest BCUT2D eigenvalue weighted by atomic mass is 10.2. The van der Waals surface area contributed by atoms with Crippen LogP contribution in [0.5, 0.6) is 11.5 Å². The molecule has 2 amide bonds. The van der Waals surface area contributed by atoms with Crippen LogP contribution in [0.15, 0.2) is 36.9 Å².